The minimum Gasteiger partial charge on any atom is -0.473 e. The van der Waals surface area contributed by atoms with E-state index in [-0.39, 0.29) is 0 Å². The van der Waals surface area contributed by atoms with Gasteiger partial charge in [-0.25, -0.2) is 9.78 Å². The van der Waals surface area contributed by atoms with Crippen LogP contribution in [0.2, 0.25) is 0 Å². The number of ether oxygens (including phenoxy) is 2. The fraction of sp³-hybridized carbons (Fsp3) is 0.143. The van der Waals surface area contributed by atoms with Crippen LogP contribution in [-0.4, -0.2) is 18.1 Å². The topological polar surface area (TPSA) is 48.4 Å². The van der Waals surface area contributed by atoms with Crippen LogP contribution in [0.25, 0.3) is 11.3 Å². The van der Waals surface area contributed by atoms with Gasteiger partial charge < -0.3 is 9.47 Å². The van der Waals surface area contributed by atoms with Crippen molar-refractivity contribution in [1.29, 1.82) is 0 Å². The molecule has 25 heavy (non-hydrogen) atoms. The number of aryl methyl sites for hydroxylation is 1. The van der Waals surface area contributed by atoms with E-state index in [0.29, 0.717) is 23.7 Å². The van der Waals surface area contributed by atoms with E-state index in [4.69, 9.17) is 9.47 Å². The Kier molecular flexibility index (Phi) is 5.09. The lowest BCUT2D eigenvalue weighted by atomic mass is 10.1. The summed E-state index contributed by atoms with van der Waals surface area (Å²) in [6.07, 6.45) is 0. The molecule has 0 N–H and O–H groups in total. The zero-order chi connectivity index (χ0) is 17.6. The summed E-state index contributed by atoms with van der Waals surface area (Å²) in [6, 6.07) is 21.1. The van der Waals surface area contributed by atoms with Gasteiger partial charge in [0.2, 0.25) is 5.88 Å². The third-order valence-corrected chi connectivity index (χ3v) is 3.80. The first-order valence-electron chi connectivity index (χ1n) is 8.00. The van der Waals surface area contributed by atoms with Crippen LogP contribution >= 0.6 is 0 Å². The third kappa shape index (κ3) is 4.23. The van der Waals surface area contributed by atoms with E-state index < -0.39 is 5.97 Å². The van der Waals surface area contributed by atoms with Crippen LogP contribution in [0.4, 0.5) is 0 Å². The van der Waals surface area contributed by atoms with Crippen LogP contribution in [0.3, 0.4) is 0 Å². The molecular weight excluding hydrogens is 314 g/mol. The molecule has 0 aliphatic carbocycles. The lowest BCUT2D eigenvalue weighted by molar-refractivity contribution is 0.0600. The van der Waals surface area contributed by atoms with Gasteiger partial charge in [-0.1, -0.05) is 60.2 Å². The summed E-state index contributed by atoms with van der Waals surface area (Å²) in [5, 5.41) is 0. The zero-order valence-electron chi connectivity index (χ0n) is 14.2. The summed E-state index contributed by atoms with van der Waals surface area (Å²) in [6.45, 7) is 2.41. The first-order valence-corrected chi connectivity index (χ1v) is 8.00. The van der Waals surface area contributed by atoms with E-state index in [1.807, 2.05) is 61.5 Å². The highest BCUT2D eigenvalue weighted by molar-refractivity contribution is 5.91. The molecule has 0 aliphatic heterocycles. The van der Waals surface area contributed by atoms with Gasteiger partial charge in [-0.15, -0.1) is 0 Å². The minimum atomic E-state index is -0.416. The van der Waals surface area contributed by atoms with Gasteiger partial charge in [-0.2, -0.15) is 0 Å². The second kappa shape index (κ2) is 7.62. The average Bonchev–Trinajstić information content (AvgIpc) is 2.67. The molecule has 1 aromatic heterocycles. The summed E-state index contributed by atoms with van der Waals surface area (Å²) in [5.74, 6) is -0.0253. The Balaban J connectivity index is 1.92. The van der Waals surface area contributed by atoms with E-state index in [0.717, 1.165) is 16.7 Å². The van der Waals surface area contributed by atoms with Crippen LogP contribution in [0.1, 0.15) is 21.5 Å². The van der Waals surface area contributed by atoms with E-state index in [9.17, 15) is 4.79 Å². The molecule has 3 rings (SSSR count). The maximum Gasteiger partial charge on any atom is 0.338 e. The molecule has 0 fully saturated rings. The Bertz CT molecular complexity index is 858. The molecule has 0 radical (unpaired) electrons. The maximum absolute atomic E-state index is 12.0. The molecule has 0 unspecified atom stereocenters. The molecule has 0 saturated carbocycles. The number of aromatic nitrogens is 1. The predicted octanol–water partition coefficient (Wildman–Crippen LogP) is 4.42. The fourth-order valence-corrected chi connectivity index (χ4v) is 2.42. The van der Waals surface area contributed by atoms with Crippen LogP contribution in [0.5, 0.6) is 5.88 Å². The van der Waals surface area contributed by atoms with Gasteiger partial charge in [0.1, 0.15) is 6.61 Å². The fourth-order valence-electron chi connectivity index (χ4n) is 2.42. The van der Waals surface area contributed by atoms with E-state index in [1.54, 1.807) is 12.1 Å². The Morgan fingerprint density at radius 2 is 1.72 bits per heavy atom. The van der Waals surface area contributed by atoms with Crippen molar-refractivity contribution in [3.8, 4) is 17.1 Å². The van der Waals surface area contributed by atoms with Gasteiger partial charge in [-0.05, 0) is 18.6 Å². The van der Waals surface area contributed by atoms with Crippen molar-refractivity contribution in [2.24, 2.45) is 0 Å². The number of carbonyl (C=O) groups is 1. The number of nitrogens with zero attached hydrogens (tertiary/aromatic N) is 1. The number of pyridine rings is 1. The summed E-state index contributed by atoms with van der Waals surface area (Å²) in [4.78, 5) is 16.5. The molecule has 0 saturated heterocycles. The van der Waals surface area contributed by atoms with Crippen LogP contribution in [0, 0.1) is 6.92 Å². The number of esters is 1. The first-order chi connectivity index (χ1) is 12.2. The number of benzene rings is 2. The van der Waals surface area contributed by atoms with Gasteiger partial charge in [-0.3, -0.25) is 0 Å². The Labute approximate surface area is 147 Å². The summed E-state index contributed by atoms with van der Waals surface area (Å²) in [7, 11) is 1.36. The number of rotatable bonds is 5. The molecular formula is C21H19NO3. The lowest BCUT2D eigenvalue weighted by Crippen LogP contribution is -2.05. The molecule has 126 valence electrons. The van der Waals surface area contributed by atoms with Gasteiger partial charge in [0.15, 0.2) is 0 Å². The van der Waals surface area contributed by atoms with Gasteiger partial charge in [0, 0.05) is 11.6 Å². The number of hydrogen-bond donors (Lipinski definition) is 0. The number of carbonyl (C=O) groups excluding carboxylic acids is 1. The lowest BCUT2D eigenvalue weighted by Gasteiger charge is -2.10. The normalized spacial score (nSPS) is 10.3. The molecule has 2 aromatic carbocycles. The Hall–Kier alpha value is -3.14. The summed E-state index contributed by atoms with van der Waals surface area (Å²) in [5.41, 5.74) is 4.20. The van der Waals surface area contributed by atoms with Crippen LogP contribution in [0.15, 0.2) is 66.7 Å². The molecule has 0 atom stereocenters. The standard InChI is InChI=1S/C21H19NO3/c1-15-8-10-17(11-9-15)19-12-18(21(23)24-2)13-20(22-19)25-14-16-6-4-3-5-7-16/h3-13H,14H2,1-2H3. The zero-order valence-corrected chi connectivity index (χ0v) is 14.2. The maximum atomic E-state index is 12.0. The number of hydrogen-bond acceptors (Lipinski definition) is 4. The quantitative estimate of drug-likeness (QED) is 0.648. The van der Waals surface area contributed by atoms with Gasteiger partial charge >= 0.3 is 5.97 Å². The van der Waals surface area contributed by atoms with Crippen LogP contribution in [-0.2, 0) is 11.3 Å². The van der Waals surface area contributed by atoms with E-state index in [2.05, 4.69) is 4.98 Å². The second-order valence-electron chi connectivity index (χ2n) is 5.71. The highest BCUT2D eigenvalue weighted by Crippen LogP contribution is 2.24. The van der Waals surface area contributed by atoms with Crippen molar-refractivity contribution < 1.29 is 14.3 Å². The van der Waals surface area contributed by atoms with Crippen molar-refractivity contribution in [3.63, 3.8) is 0 Å². The smallest absolute Gasteiger partial charge is 0.338 e. The van der Waals surface area contributed by atoms with E-state index >= 15 is 0 Å². The average molecular weight is 333 g/mol. The van der Waals surface area contributed by atoms with Crippen molar-refractivity contribution in [2.45, 2.75) is 13.5 Å². The molecule has 3 aromatic rings. The van der Waals surface area contributed by atoms with Crippen LogP contribution < -0.4 is 4.74 Å². The minimum absolute atomic E-state index is 0.381. The van der Waals surface area contributed by atoms with Gasteiger partial charge in [0.25, 0.3) is 0 Å². The molecule has 1 heterocycles. The Morgan fingerprint density at radius 3 is 2.40 bits per heavy atom. The van der Waals surface area contributed by atoms with Crippen molar-refractivity contribution in [1.82, 2.24) is 4.98 Å². The van der Waals surface area contributed by atoms with Crippen molar-refractivity contribution >= 4 is 5.97 Å². The number of methoxy groups -OCH3 is 1. The monoisotopic (exact) mass is 333 g/mol. The van der Waals surface area contributed by atoms with Gasteiger partial charge in [0.05, 0.1) is 18.4 Å². The first kappa shape index (κ1) is 16.7. The predicted molar refractivity (Wildman–Crippen MR) is 96.5 cm³/mol. The summed E-state index contributed by atoms with van der Waals surface area (Å²) >= 11 is 0. The highest BCUT2D eigenvalue weighted by Gasteiger charge is 2.12. The summed E-state index contributed by atoms with van der Waals surface area (Å²) < 4.78 is 10.6. The van der Waals surface area contributed by atoms with Crippen molar-refractivity contribution in [3.05, 3.63) is 83.4 Å². The van der Waals surface area contributed by atoms with E-state index in [1.165, 1.54) is 7.11 Å². The molecule has 0 amide bonds. The molecule has 0 bridgehead atoms. The highest BCUT2D eigenvalue weighted by atomic mass is 16.5. The largest absolute Gasteiger partial charge is 0.473 e. The van der Waals surface area contributed by atoms with Crippen molar-refractivity contribution in [2.75, 3.05) is 7.11 Å². The molecule has 0 spiro atoms. The molecule has 0 aliphatic rings. The molecule has 4 nitrogen and oxygen atoms in total. The molecule has 4 heteroatoms. The Morgan fingerprint density at radius 1 is 1.00 bits per heavy atom. The second-order valence-corrected chi connectivity index (χ2v) is 5.71. The third-order valence-electron chi connectivity index (χ3n) is 3.80. The SMILES string of the molecule is COC(=O)c1cc(OCc2ccccc2)nc(-c2ccc(C)cc2)c1.